The standard InChI is InChI=1S/C15H25NO5/c1-6-20-12(18)15(9-11(2)17)7-8-16(10-15)13(19)21-14(3,4)5/h6-10H2,1-5H3. The molecule has 1 atom stereocenters. The molecule has 0 bridgehead atoms. The monoisotopic (exact) mass is 299 g/mol. The van der Waals surface area contributed by atoms with Crippen molar-refractivity contribution in [1.29, 1.82) is 0 Å². The van der Waals surface area contributed by atoms with Gasteiger partial charge in [-0.05, 0) is 41.0 Å². The van der Waals surface area contributed by atoms with Crippen LogP contribution in [0.25, 0.3) is 0 Å². The number of nitrogens with zero attached hydrogens (tertiary/aromatic N) is 1. The Balaban J connectivity index is 2.83. The molecule has 1 unspecified atom stereocenters. The molecular weight excluding hydrogens is 274 g/mol. The molecule has 0 saturated carbocycles. The van der Waals surface area contributed by atoms with Gasteiger partial charge in [-0.25, -0.2) is 4.79 Å². The molecule has 1 heterocycles. The lowest BCUT2D eigenvalue weighted by atomic mass is 9.82. The van der Waals surface area contributed by atoms with Crippen LogP contribution in [-0.2, 0) is 19.1 Å². The zero-order chi connectivity index (χ0) is 16.3. The Kier molecular flexibility index (Phi) is 5.36. The Hall–Kier alpha value is -1.59. The summed E-state index contributed by atoms with van der Waals surface area (Å²) < 4.78 is 10.4. The average Bonchev–Trinajstić information content (AvgIpc) is 2.72. The van der Waals surface area contributed by atoms with E-state index in [1.54, 1.807) is 27.7 Å². The summed E-state index contributed by atoms with van der Waals surface area (Å²) in [5.41, 5.74) is -1.52. The molecule has 0 aliphatic carbocycles. The van der Waals surface area contributed by atoms with Crippen molar-refractivity contribution in [3.05, 3.63) is 0 Å². The van der Waals surface area contributed by atoms with E-state index in [2.05, 4.69) is 0 Å². The largest absolute Gasteiger partial charge is 0.466 e. The van der Waals surface area contributed by atoms with Gasteiger partial charge in [-0.1, -0.05) is 0 Å². The van der Waals surface area contributed by atoms with Crippen LogP contribution in [0, 0.1) is 5.41 Å². The summed E-state index contributed by atoms with van der Waals surface area (Å²) in [4.78, 5) is 37.2. The van der Waals surface area contributed by atoms with Gasteiger partial charge < -0.3 is 14.4 Å². The predicted octanol–water partition coefficient (Wildman–Crippen LogP) is 2.16. The number of likely N-dealkylation sites (tertiary alicyclic amines) is 1. The highest BCUT2D eigenvalue weighted by Gasteiger charge is 2.48. The number of carbonyl (C=O) groups is 3. The molecule has 6 nitrogen and oxygen atoms in total. The first-order chi connectivity index (χ1) is 9.59. The van der Waals surface area contributed by atoms with Crippen LogP contribution in [0.4, 0.5) is 4.79 Å². The van der Waals surface area contributed by atoms with Gasteiger partial charge in [0.05, 0.1) is 12.0 Å². The minimum absolute atomic E-state index is 0.0884. The van der Waals surface area contributed by atoms with Gasteiger partial charge in [0.15, 0.2) is 0 Å². The molecule has 1 amide bonds. The van der Waals surface area contributed by atoms with Crippen LogP contribution in [0.15, 0.2) is 0 Å². The number of hydrogen-bond donors (Lipinski definition) is 0. The van der Waals surface area contributed by atoms with E-state index in [1.165, 1.54) is 11.8 Å². The molecule has 1 aliphatic rings. The second kappa shape index (κ2) is 6.45. The fourth-order valence-electron chi connectivity index (χ4n) is 2.50. The Bertz CT molecular complexity index is 426. The Morgan fingerprint density at radius 2 is 1.86 bits per heavy atom. The van der Waals surface area contributed by atoms with Crippen LogP contribution in [0.1, 0.15) is 47.5 Å². The summed E-state index contributed by atoms with van der Waals surface area (Å²) in [5.74, 6) is -0.500. The van der Waals surface area contributed by atoms with E-state index in [9.17, 15) is 14.4 Å². The molecule has 120 valence electrons. The first-order valence-corrected chi connectivity index (χ1v) is 7.24. The van der Waals surface area contributed by atoms with Crippen molar-refractivity contribution in [1.82, 2.24) is 4.90 Å². The maximum atomic E-state index is 12.2. The molecule has 0 N–H and O–H groups in total. The van der Waals surface area contributed by atoms with Gasteiger partial charge in [-0.2, -0.15) is 0 Å². The van der Waals surface area contributed by atoms with Crippen LogP contribution in [0.2, 0.25) is 0 Å². The van der Waals surface area contributed by atoms with E-state index < -0.39 is 23.1 Å². The number of carbonyl (C=O) groups excluding carboxylic acids is 3. The van der Waals surface area contributed by atoms with Gasteiger partial charge in [0, 0.05) is 19.5 Å². The zero-order valence-corrected chi connectivity index (χ0v) is 13.5. The van der Waals surface area contributed by atoms with Gasteiger partial charge in [0.25, 0.3) is 0 Å². The Morgan fingerprint density at radius 3 is 2.33 bits per heavy atom. The number of esters is 1. The summed E-state index contributed by atoms with van der Waals surface area (Å²) in [5, 5.41) is 0. The van der Waals surface area contributed by atoms with E-state index >= 15 is 0 Å². The van der Waals surface area contributed by atoms with E-state index in [1.807, 2.05) is 0 Å². The summed E-state index contributed by atoms with van der Waals surface area (Å²) in [6, 6.07) is 0. The highest BCUT2D eigenvalue weighted by atomic mass is 16.6. The second-order valence-electron chi connectivity index (χ2n) is 6.53. The van der Waals surface area contributed by atoms with Crippen LogP contribution in [0.3, 0.4) is 0 Å². The number of amides is 1. The third-order valence-corrected chi connectivity index (χ3v) is 3.30. The molecule has 0 aromatic rings. The number of ether oxygens (including phenoxy) is 2. The molecule has 0 radical (unpaired) electrons. The van der Waals surface area contributed by atoms with Gasteiger partial charge in [0.1, 0.15) is 11.4 Å². The lowest BCUT2D eigenvalue weighted by Gasteiger charge is -2.27. The SMILES string of the molecule is CCOC(=O)C1(CC(C)=O)CCN(C(=O)OC(C)(C)C)C1. The summed E-state index contributed by atoms with van der Waals surface area (Å²) in [6.07, 6.45) is 0.0488. The zero-order valence-electron chi connectivity index (χ0n) is 13.5. The van der Waals surface area contributed by atoms with E-state index in [4.69, 9.17) is 9.47 Å². The van der Waals surface area contributed by atoms with Crippen LogP contribution in [0.5, 0.6) is 0 Å². The van der Waals surface area contributed by atoms with Crippen molar-refractivity contribution < 1.29 is 23.9 Å². The number of hydrogen-bond acceptors (Lipinski definition) is 5. The van der Waals surface area contributed by atoms with E-state index in [-0.39, 0.29) is 25.4 Å². The topological polar surface area (TPSA) is 72.9 Å². The molecule has 1 aliphatic heterocycles. The fourth-order valence-corrected chi connectivity index (χ4v) is 2.50. The van der Waals surface area contributed by atoms with Crippen molar-refractivity contribution in [2.45, 2.75) is 53.1 Å². The van der Waals surface area contributed by atoms with E-state index in [0.29, 0.717) is 13.0 Å². The molecule has 6 heteroatoms. The third kappa shape index (κ3) is 4.72. The lowest BCUT2D eigenvalue weighted by molar-refractivity contribution is -0.156. The minimum atomic E-state index is -0.932. The van der Waals surface area contributed by atoms with Gasteiger partial charge in [-0.3, -0.25) is 9.59 Å². The number of rotatable bonds is 4. The number of Topliss-reactive ketones (excluding diaryl/α,β-unsaturated/α-hetero) is 1. The molecule has 1 saturated heterocycles. The maximum Gasteiger partial charge on any atom is 0.410 e. The second-order valence-corrected chi connectivity index (χ2v) is 6.53. The van der Waals surface area contributed by atoms with Crippen LogP contribution >= 0.6 is 0 Å². The normalized spacial score (nSPS) is 22.0. The van der Waals surface area contributed by atoms with Crippen molar-refractivity contribution >= 4 is 17.8 Å². The van der Waals surface area contributed by atoms with Crippen molar-refractivity contribution in [2.75, 3.05) is 19.7 Å². The molecule has 1 rings (SSSR count). The summed E-state index contributed by atoms with van der Waals surface area (Å²) in [7, 11) is 0. The lowest BCUT2D eigenvalue weighted by Crippen LogP contribution is -2.41. The highest BCUT2D eigenvalue weighted by Crippen LogP contribution is 2.36. The van der Waals surface area contributed by atoms with E-state index in [0.717, 1.165) is 0 Å². The first-order valence-electron chi connectivity index (χ1n) is 7.24. The Labute approximate surface area is 125 Å². The van der Waals surface area contributed by atoms with Gasteiger partial charge in [-0.15, -0.1) is 0 Å². The smallest absolute Gasteiger partial charge is 0.410 e. The highest BCUT2D eigenvalue weighted by molar-refractivity contribution is 5.87. The van der Waals surface area contributed by atoms with Crippen molar-refractivity contribution in [3.8, 4) is 0 Å². The maximum absolute atomic E-state index is 12.2. The summed E-state index contributed by atoms with van der Waals surface area (Å²) >= 11 is 0. The molecule has 0 aromatic heterocycles. The predicted molar refractivity (Wildman–Crippen MR) is 76.8 cm³/mol. The summed E-state index contributed by atoms with van der Waals surface area (Å²) in [6.45, 7) is 9.34. The Morgan fingerprint density at radius 1 is 1.24 bits per heavy atom. The van der Waals surface area contributed by atoms with Crippen molar-refractivity contribution in [3.63, 3.8) is 0 Å². The van der Waals surface area contributed by atoms with Crippen LogP contribution < -0.4 is 0 Å². The number of ketones is 1. The molecule has 1 fully saturated rings. The molecule has 21 heavy (non-hydrogen) atoms. The average molecular weight is 299 g/mol. The molecular formula is C15H25NO5. The fraction of sp³-hybridized carbons (Fsp3) is 0.800. The van der Waals surface area contributed by atoms with Crippen LogP contribution in [-0.4, -0.2) is 48.0 Å². The third-order valence-electron chi connectivity index (χ3n) is 3.30. The van der Waals surface area contributed by atoms with Crippen molar-refractivity contribution in [2.24, 2.45) is 5.41 Å². The molecule has 0 aromatic carbocycles. The molecule has 0 spiro atoms. The first kappa shape index (κ1) is 17.5. The van der Waals surface area contributed by atoms with Gasteiger partial charge >= 0.3 is 12.1 Å². The quantitative estimate of drug-likeness (QED) is 0.744. The minimum Gasteiger partial charge on any atom is -0.466 e. The van der Waals surface area contributed by atoms with Gasteiger partial charge in [0.2, 0.25) is 0 Å².